The van der Waals surface area contributed by atoms with Gasteiger partial charge >= 0.3 is 0 Å². The Hall–Kier alpha value is -0.610. The predicted octanol–water partition coefficient (Wildman–Crippen LogP) is 4.09. The number of nitrogens with zero attached hydrogens (tertiary/aromatic N) is 1. The van der Waals surface area contributed by atoms with Gasteiger partial charge in [-0.3, -0.25) is 0 Å². The molecule has 0 unspecified atom stereocenters. The lowest BCUT2D eigenvalue weighted by Gasteiger charge is -2.30. The number of halogens is 2. The fraction of sp³-hybridized carbons (Fsp3) is 0.538. The van der Waals surface area contributed by atoms with Gasteiger partial charge in [0.25, 0.3) is 0 Å². The van der Waals surface area contributed by atoms with Crippen molar-refractivity contribution in [3.8, 4) is 0 Å². The number of rotatable bonds is 3. The topological polar surface area (TPSA) is 3.24 Å². The van der Waals surface area contributed by atoms with Crippen molar-refractivity contribution in [2.45, 2.75) is 31.1 Å². The molecular formula is C13H17F2NS. The summed E-state index contributed by atoms with van der Waals surface area (Å²) in [5.41, 5.74) is 0. The van der Waals surface area contributed by atoms with Crippen molar-refractivity contribution in [3.63, 3.8) is 0 Å². The zero-order valence-electron chi connectivity index (χ0n) is 9.96. The van der Waals surface area contributed by atoms with E-state index in [-0.39, 0.29) is 0 Å². The zero-order chi connectivity index (χ0) is 12.3. The lowest BCUT2D eigenvalue weighted by molar-refractivity contribution is 0.286. The normalized spacial score (nSPS) is 18.5. The Balaban J connectivity index is 1.91. The Labute approximate surface area is 105 Å². The molecule has 0 aliphatic carbocycles. The van der Waals surface area contributed by atoms with Gasteiger partial charge in [0.05, 0.1) is 0 Å². The first-order valence-corrected chi connectivity index (χ1v) is 6.84. The monoisotopic (exact) mass is 257 g/mol. The third kappa shape index (κ3) is 3.42. The van der Waals surface area contributed by atoms with Crippen LogP contribution in [0.3, 0.4) is 0 Å². The Bertz CT molecular complexity index is 376. The van der Waals surface area contributed by atoms with Crippen LogP contribution in [0.25, 0.3) is 0 Å². The van der Waals surface area contributed by atoms with E-state index in [0.29, 0.717) is 0 Å². The number of piperidine rings is 1. The van der Waals surface area contributed by atoms with Crippen LogP contribution in [-0.4, -0.2) is 17.4 Å². The Morgan fingerprint density at radius 3 is 2.53 bits per heavy atom. The summed E-state index contributed by atoms with van der Waals surface area (Å²) >= 11 is 1.53. The lowest BCUT2D eigenvalue weighted by atomic mass is 9.96. The van der Waals surface area contributed by atoms with Crippen LogP contribution in [0.4, 0.5) is 8.78 Å². The maximum Gasteiger partial charge on any atom is 0.159 e. The minimum absolute atomic E-state index is 0.765. The van der Waals surface area contributed by atoms with Crippen molar-refractivity contribution in [2.75, 3.05) is 13.1 Å². The molecule has 0 saturated carbocycles. The van der Waals surface area contributed by atoms with Crippen molar-refractivity contribution < 1.29 is 8.78 Å². The molecule has 0 N–H and O–H groups in total. The van der Waals surface area contributed by atoms with Crippen molar-refractivity contribution in [1.82, 2.24) is 4.31 Å². The Morgan fingerprint density at radius 2 is 1.94 bits per heavy atom. The van der Waals surface area contributed by atoms with Crippen LogP contribution in [0.1, 0.15) is 26.2 Å². The van der Waals surface area contributed by atoms with Gasteiger partial charge in [-0.05, 0) is 48.9 Å². The molecule has 1 saturated heterocycles. The van der Waals surface area contributed by atoms with E-state index in [1.807, 2.05) is 0 Å². The molecule has 1 fully saturated rings. The second-order valence-corrected chi connectivity index (χ2v) is 5.62. The summed E-state index contributed by atoms with van der Waals surface area (Å²) in [5, 5.41) is 0. The highest BCUT2D eigenvalue weighted by Gasteiger charge is 2.18. The van der Waals surface area contributed by atoms with Gasteiger partial charge < -0.3 is 0 Å². The van der Waals surface area contributed by atoms with E-state index in [0.717, 1.165) is 23.9 Å². The minimum atomic E-state index is -0.779. The molecule has 1 aliphatic heterocycles. The van der Waals surface area contributed by atoms with Crippen LogP contribution in [0, 0.1) is 17.6 Å². The lowest BCUT2D eigenvalue weighted by Crippen LogP contribution is -2.28. The molecular weight excluding hydrogens is 240 g/mol. The second kappa shape index (κ2) is 5.83. The van der Waals surface area contributed by atoms with Crippen LogP contribution in [0.5, 0.6) is 0 Å². The molecule has 1 nitrogen and oxygen atoms in total. The summed E-state index contributed by atoms with van der Waals surface area (Å²) in [5.74, 6) is -0.714. The molecule has 0 atom stereocenters. The third-order valence-corrected chi connectivity index (χ3v) is 4.36. The molecule has 1 aromatic carbocycles. The van der Waals surface area contributed by atoms with Gasteiger partial charge in [-0.15, -0.1) is 0 Å². The summed E-state index contributed by atoms with van der Waals surface area (Å²) in [6, 6.07) is 4.09. The van der Waals surface area contributed by atoms with E-state index in [1.54, 1.807) is 6.07 Å². The van der Waals surface area contributed by atoms with E-state index in [2.05, 4.69) is 11.2 Å². The van der Waals surface area contributed by atoms with E-state index < -0.39 is 11.6 Å². The highest BCUT2D eigenvalue weighted by molar-refractivity contribution is 7.97. The maximum atomic E-state index is 13.0. The van der Waals surface area contributed by atoms with E-state index in [1.165, 1.54) is 43.3 Å². The van der Waals surface area contributed by atoms with Crippen molar-refractivity contribution in [2.24, 2.45) is 5.92 Å². The van der Waals surface area contributed by atoms with E-state index in [9.17, 15) is 8.78 Å². The number of hydrogen-bond acceptors (Lipinski definition) is 2. The number of hydrogen-bond donors (Lipinski definition) is 0. The van der Waals surface area contributed by atoms with E-state index >= 15 is 0 Å². The summed E-state index contributed by atoms with van der Waals surface area (Å²) in [7, 11) is 0. The van der Waals surface area contributed by atoms with Gasteiger partial charge in [-0.2, -0.15) is 0 Å². The molecule has 17 heavy (non-hydrogen) atoms. The van der Waals surface area contributed by atoms with Gasteiger partial charge in [0.1, 0.15) is 0 Å². The van der Waals surface area contributed by atoms with Crippen LogP contribution < -0.4 is 0 Å². The summed E-state index contributed by atoms with van der Waals surface area (Å²) in [6.07, 6.45) is 3.64. The van der Waals surface area contributed by atoms with Crippen molar-refractivity contribution in [3.05, 3.63) is 29.8 Å². The first-order valence-electron chi connectivity index (χ1n) is 6.07. The summed E-state index contributed by atoms with van der Waals surface area (Å²) < 4.78 is 28.1. The fourth-order valence-electron chi connectivity index (χ4n) is 2.09. The first-order chi connectivity index (χ1) is 8.19. The molecule has 0 aromatic heterocycles. The van der Waals surface area contributed by atoms with Crippen LogP contribution in [0.15, 0.2) is 23.1 Å². The number of benzene rings is 1. The summed E-state index contributed by atoms with van der Waals surface area (Å²) in [4.78, 5) is 0.777. The molecule has 0 spiro atoms. The van der Waals surface area contributed by atoms with Crippen molar-refractivity contribution >= 4 is 11.9 Å². The van der Waals surface area contributed by atoms with E-state index in [4.69, 9.17) is 0 Å². The second-order valence-electron chi connectivity index (χ2n) is 4.45. The average Bonchev–Trinajstić information content (AvgIpc) is 2.35. The Kier molecular flexibility index (Phi) is 4.40. The van der Waals surface area contributed by atoms with Gasteiger partial charge in [-0.25, -0.2) is 13.1 Å². The fourth-order valence-corrected chi connectivity index (χ4v) is 3.07. The molecule has 94 valence electrons. The molecule has 2 rings (SSSR count). The predicted molar refractivity (Wildman–Crippen MR) is 66.8 cm³/mol. The molecule has 1 heterocycles. The van der Waals surface area contributed by atoms with Crippen LogP contribution in [-0.2, 0) is 0 Å². The Morgan fingerprint density at radius 1 is 1.24 bits per heavy atom. The molecule has 0 amide bonds. The maximum absolute atomic E-state index is 13.0. The molecule has 0 bridgehead atoms. The molecule has 1 aliphatic rings. The van der Waals surface area contributed by atoms with Crippen LogP contribution in [0.2, 0.25) is 0 Å². The summed E-state index contributed by atoms with van der Waals surface area (Å²) in [6.45, 7) is 4.28. The highest BCUT2D eigenvalue weighted by atomic mass is 32.2. The SMILES string of the molecule is CCC1CCN(Sc2ccc(F)c(F)c2)CC1. The average molecular weight is 257 g/mol. The van der Waals surface area contributed by atoms with Crippen molar-refractivity contribution in [1.29, 1.82) is 0 Å². The molecule has 4 heteroatoms. The van der Waals surface area contributed by atoms with Gasteiger partial charge in [-0.1, -0.05) is 13.3 Å². The first kappa shape index (κ1) is 12.8. The quantitative estimate of drug-likeness (QED) is 0.750. The van der Waals surface area contributed by atoms with Gasteiger partial charge in [0, 0.05) is 18.0 Å². The third-order valence-electron chi connectivity index (χ3n) is 3.28. The standard InChI is InChI=1S/C13H17F2NS/c1-2-10-5-7-16(8-6-10)17-11-3-4-12(14)13(15)9-11/h3-4,9-10H,2,5-8H2,1H3. The molecule has 0 radical (unpaired) electrons. The molecule has 1 aromatic rings. The minimum Gasteiger partial charge on any atom is -0.246 e. The largest absolute Gasteiger partial charge is 0.246 e. The smallest absolute Gasteiger partial charge is 0.159 e. The highest BCUT2D eigenvalue weighted by Crippen LogP contribution is 2.29. The van der Waals surface area contributed by atoms with Crippen LogP contribution >= 0.6 is 11.9 Å². The van der Waals surface area contributed by atoms with Gasteiger partial charge in [0.15, 0.2) is 11.6 Å². The zero-order valence-corrected chi connectivity index (χ0v) is 10.8. The van der Waals surface area contributed by atoms with Gasteiger partial charge in [0.2, 0.25) is 0 Å².